The van der Waals surface area contributed by atoms with Crippen LogP contribution in [0, 0.1) is 0 Å². The lowest BCUT2D eigenvalue weighted by Gasteiger charge is -2.20. The quantitative estimate of drug-likeness (QED) is 0.788. The normalized spacial score (nSPS) is 13.0. The van der Waals surface area contributed by atoms with Crippen molar-refractivity contribution in [2.24, 2.45) is 0 Å². The van der Waals surface area contributed by atoms with Crippen LogP contribution < -0.4 is 10.6 Å². The largest absolute Gasteiger partial charge is 0.350 e. The molecule has 0 radical (unpaired) electrons. The number of hydrogen-bond donors (Lipinski definition) is 2. The molecule has 0 aromatic heterocycles. The molecule has 24 heavy (non-hydrogen) atoms. The Morgan fingerprint density at radius 2 is 1.58 bits per heavy atom. The summed E-state index contributed by atoms with van der Waals surface area (Å²) in [5, 5.41) is 5.83. The van der Waals surface area contributed by atoms with Gasteiger partial charge in [-0.25, -0.2) is 0 Å². The zero-order valence-corrected chi connectivity index (χ0v) is 15.3. The second-order valence-corrected chi connectivity index (χ2v) is 6.62. The number of amides is 2. The summed E-state index contributed by atoms with van der Waals surface area (Å²) in [6.07, 6.45) is 0.199. The van der Waals surface area contributed by atoms with E-state index in [1.165, 1.54) is 6.92 Å². The number of halogens is 1. The zero-order chi connectivity index (χ0) is 17.5. The molecule has 2 aromatic rings. The van der Waals surface area contributed by atoms with E-state index in [0.29, 0.717) is 0 Å². The van der Waals surface area contributed by atoms with E-state index in [1.54, 1.807) is 0 Å². The highest BCUT2D eigenvalue weighted by Gasteiger charge is 2.18. The van der Waals surface area contributed by atoms with Gasteiger partial charge in [0.15, 0.2) is 0 Å². The van der Waals surface area contributed by atoms with E-state index >= 15 is 0 Å². The van der Waals surface area contributed by atoms with Crippen molar-refractivity contribution in [3.05, 3.63) is 70.2 Å². The van der Waals surface area contributed by atoms with Gasteiger partial charge < -0.3 is 10.6 Å². The molecule has 126 valence electrons. The Hall–Kier alpha value is -2.14. The van der Waals surface area contributed by atoms with Gasteiger partial charge in [-0.15, -0.1) is 0 Å². The summed E-state index contributed by atoms with van der Waals surface area (Å²) in [6, 6.07) is 16.9. The monoisotopic (exact) mass is 388 g/mol. The van der Waals surface area contributed by atoms with Crippen LogP contribution in [0.2, 0.25) is 0 Å². The molecular weight excluding hydrogens is 368 g/mol. The van der Waals surface area contributed by atoms with E-state index in [9.17, 15) is 9.59 Å². The summed E-state index contributed by atoms with van der Waals surface area (Å²) in [7, 11) is 0. The van der Waals surface area contributed by atoms with Crippen LogP contribution in [0.25, 0.3) is 0 Å². The van der Waals surface area contributed by atoms with Gasteiger partial charge in [-0.1, -0.05) is 58.4 Å². The third kappa shape index (κ3) is 5.49. The van der Waals surface area contributed by atoms with E-state index in [2.05, 4.69) is 26.6 Å². The van der Waals surface area contributed by atoms with E-state index in [1.807, 2.05) is 61.5 Å². The number of hydrogen-bond acceptors (Lipinski definition) is 2. The molecule has 2 atom stereocenters. The number of carbonyl (C=O) groups is 2. The second kappa shape index (κ2) is 8.64. The maximum atomic E-state index is 12.4. The Kier molecular flexibility index (Phi) is 6.55. The average molecular weight is 389 g/mol. The highest BCUT2D eigenvalue weighted by Crippen LogP contribution is 2.19. The number of benzene rings is 2. The van der Waals surface area contributed by atoms with Crippen LogP contribution in [0.5, 0.6) is 0 Å². The molecule has 0 bridgehead atoms. The average Bonchev–Trinajstić information content (AvgIpc) is 2.55. The molecule has 4 nitrogen and oxygen atoms in total. The molecule has 0 saturated heterocycles. The first-order valence-electron chi connectivity index (χ1n) is 7.82. The summed E-state index contributed by atoms with van der Waals surface area (Å²) >= 11 is 3.40. The first-order chi connectivity index (χ1) is 11.5. The fourth-order valence-corrected chi connectivity index (χ4v) is 2.77. The number of rotatable bonds is 6. The summed E-state index contributed by atoms with van der Waals surface area (Å²) in [5.74, 6) is -0.259. The van der Waals surface area contributed by atoms with Gasteiger partial charge >= 0.3 is 0 Å². The Morgan fingerprint density at radius 3 is 2.17 bits per heavy atom. The van der Waals surface area contributed by atoms with Gasteiger partial charge in [0.2, 0.25) is 11.8 Å². The van der Waals surface area contributed by atoms with Crippen molar-refractivity contribution in [1.29, 1.82) is 0 Å². The van der Waals surface area contributed by atoms with E-state index in [-0.39, 0.29) is 30.3 Å². The maximum absolute atomic E-state index is 12.4. The first-order valence-corrected chi connectivity index (χ1v) is 8.62. The van der Waals surface area contributed by atoms with Crippen LogP contribution in [-0.4, -0.2) is 11.8 Å². The van der Waals surface area contributed by atoms with Crippen molar-refractivity contribution in [3.8, 4) is 0 Å². The fraction of sp³-hybridized carbons (Fsp3) is 0.263. The van der Waals surface area contributed by atoms with Gasteiger partial charge in [0.05, 0.1) is 18.5 Å². The lowest BCUT2D eigenvalue weighted by Crippen LogP contribution is -2.33. The lowest BCUT2D eigenvalue weighted by atomic mass is 10.0. The Balaban J connectivity index is 2.02. The number of nitrogens with one attached hydrogen (secondary N) is 2. The van der Waals surface area contributed by atoms with Crippen LogP contribution in [0.4, 0.5) is 0 Å². The summed E-state index contributed by atoms with van der Waals surface area (Å²) in [4.78, 5) is 23.8. The molecule has 0 spiro atoms. The Morgan fingerprint density at radius 1 is 0.958 bits per heavy atom. The topological polar surface area (TPSA) is 58.2 Å². The van der Waals surface area contributed by atoms with Crippen molar-refractivity contribution in [2.75, 3.05) is 0 Å². The van der Waals surface area contributed by atoms with Crippen LogP contribution in [0.15, 0.2) is 59.1 Å². The molecule has 0 aliphatic rings. The van der Waals surface area contributed by atoms with Gasteiger partial charge in [-0.3, -0.25) is 9.59 Å². The molecule has 2 unspecified atom stereocenters. The van der Waals surface area contributed by atoms with Crippen molar-refractivity contribution in [1.82, 2.24) is 10.6 Å². The van der Waals surface area contributed by atoms with Crippen LogP contribution >= 0.6 is 15.9 Å². The highest BCUT2D eigenvalue weighted by atomic mass is 79.9. The van der Waals surface area contributed by atoms with Crippen molar-refractivity contribution in [3.63, 3.8) is 0 Å². The molecule has 2 rings (SSSR count). The molecule has 2 aromatic carbocycles. The van der Waals surface area contributed by atoms with Gasteiger partial charge in [-0.2, -0.15) is 0 Å². The third-order valence-corrected chi connectivity index (χ3v) is 4.25. The molecule has 0 aliphatic heterocycles. The molecular formula is C19H21BrN2O2. The zero-order valence-electron chi connectivity index (χ0n) is 13.8. The Bertz CT molecular complexity index is 686. The van der Waals surface area contributed by atoms with Crippen molar-refractivity contribution < 1.29 is 9.59 Å². The smallest absolute Gasteiger partial charge is 0.222 e. The highest BCUT2D eigenvalue weighted by molar-refractivity contribution is 9.10. The second-order valence-electron chi connectivity index (χ2n) is 5.71. The SMILES string of the molecule is CC(=O)NC(CC(=O)NC(C)c1ccc(Br)cc1)c1ccccc1. The minimum absolute atomic E-state index is 0.0978. The molecule has 2 amide bonds. The van der Waals surface area contributed by atoms with Crippen LogP contribution in [0.3, 0.4) is 0 Å². The fourth-order valence-electron chi connectivity index (χ4n) is 2.50. The first kappa shape index (κ1) is 18.2. The van der Waals surface area contributed by atoms with Gasteiger partial charge in [0.25, 0.3) is 0 Å². The van der Waals surface area contributed by atoms with Crippen LogP contribution in [-0.2, 0) is 9.59 Å². The molecule has 0 aliphatic carbocycles. The summed E-state index contributed by atoms with van der Waals surface area (Å²) in [5.41, 5.74) is 1.95. The third-order valence-electron chi connectivity index (χ3n) is 3.72. The van der Waals surface area contributed by atoms with Gasteiger partial charge in [0, 0.05) is 11.4 Å². The predicted molar refractivity (Wildman–Crippen MR) is 98.3 cm³/mol. The molecule has 0 heterocycles. The van der Waals surface area contributed by atoms with Crippen molar-refractivity contribution >= 4 is 27.7 Å². The van der Waals surface area contributed by atoms with Crippen molar-refractivity contribution in [2.45, 2.75) is 32.4 Å². The number of carbonyl (C=O) groups excluding carboxylic acids is 2. The predicted octanol–water partition coefficient (Wildman–Crippen LogP) is 3.89. The Labute approximate surface area is 150 Å². The maximum Gasteiger partial charge on any atom is 0.222 e. The lowest BCUT2D eigenvalue weighted by molar-refractivity contribution is -0.123. The summed E-state index contributed by atoms with van der Waals surface area (Å²) in [6.45, 7) is 3.40. The van der Waals surface area contributed by atoms with E-state index < -0.39 is 0 Å². The molecule has 0 fully saturated rings. The van der Waals surface area contributed by atoms with E-state index in [4.69, 9.17) is 0 Å². The van der Waals surface area contributed by atoms with Gasteiger partial charge in [-0.05, 0) is 30.2 Å². The molecule has 2 N–H and O–H groups in total. The molecule has 0 saturated carbocycles. The minimum atomic E-state index is -0.333. The van der Waals surface area contributed by atoms with Crippen LogP contribution in [0.1, 0.15) is 43.5 Å². The van der Waals surface area contributed by atoms with E-state index in [0.717, 1.165) is 15.6 Å². The summed E-state index contributed by atoms with van der Waals surface area (Å²) < 4.78 is 1.000. The standard InChI is InChI=1S/C19H21BrN2O2/c1-13(15-8-10-17(20)11-9-15)21-19(24)12-18(22-14(2)23)16-6-4-3-5-7-16/h3-11,13,18H,12H2,1-2H3,(H,21,24)(H,22,23). The molecule has 5 heteroatoms. The van der Waals surface area contributed by atoms with Gasteiger partial charge in [0.1, 0.15) is 0 Å². The minimum Gasteiger partial charge on any atom is -0.350 e.